The Morgan fingerprint density at radius 3 is 3.00 bits per heavy atom. The fourth-order valence-corrected chi connectivity index (χ4v) is 3.03. The van der Waals surface area contributed by atoms with Gasteiger partial charge in [-0.15, -0.1) is 0 Å². The van der Waals surface area contributed by atoms with E-state index in [9.17, 15) is 4.79 Å². The second-order valence-corrected chi connectivity index (χ2v) is 6.26. The second-order valence-electron chi connectivity index (χ2n) is 6.26. The molecule has 1 fully saturated rings. The number of aryl methyl sites for hydroxylation is 3. The van der Waals surface area contributed by atoms with Crippen molar-refractivity contribution < 1.29 is 14.4 Å². The molecular formula is C17H24N4O3. The average Bonchev–Trinajstić information content (AvgIpc) is 2.94. The molecule has 2 aromatic rings. The van der Waals surface area contributed by atoms with Crippen molar-refractivity contribution in [1.82, 2.24) is 20.1 Å². The second kappa shape index (κ2) is 7.27. The van der Waals surface area contributed by atoms with Crippen LogP contribution in [0.1, 0.15) is 48.3 Å². The zero-order chi connectivity index (χ0) is 17.1. The van der Waals surface area contributed by atoms with Gasteiger partial charge in [0.25, 0.3) is 0 Å². The normalized spacial score (nSPS) is 18.0. The summed E-state index contributed by atoms with van der Waals surface area (Å²) in [4.78, 5) is 21.9. The highest BCUT2D eigenvalue weighted by molar-refractivity contribution is 5.75. The molecule has 1 saturated heterocycles. The van der Waals surface area contributed by atoms with Crippen LogP contribution in [-0.4, -0.2) is 33.4 Å². The molecule has 2 aromatic heterocycles. The van der Waals surface area contributed by atoms with E-state index >= 15 is 0 Å². The number of aromatic nitrogens is 3. The molecule has 7 heteroatoms. The lowest BCUT2D eigenvalue weighted by Gasteiger charge is -2.22. The number of rotatable bonds is 5. The van der Waals surface area contributed by atoms with Crippen LogP contribution in [0.4, 0.5) is 0 Å². The van der Waals surface area contributed by atoms with Gasteiger partial charge in [-0.2, -0.15) is 5.10 Å². The topological polar surface area (TPSA) is 77.8 Å². The molecule has 3 rings (SSSR count). The molecule has 1 N–H and O–H groups in total. The van der Waals surface area contributed by atoms with Gasteiger partial charge in [0.05, 0.1) is 5.69 Å². The van der Waals surface area contributed by atoms with Crippen LogP contribution in [0.2, 0.25) is 0 Å². The van der Waals surface area contributed by atoms with Crippen molar-refractivity contribution in [2.24, 2.45) is 0 Å². The van der Waals surface area contributed by atoms with Crippen LogP contribution >= 0.6 is 0 Å². The van der Waals surface area contributed by atoms with E-state index in [0.29, 0.717) is 19.4 Å². The van der Waals surface area contributed by atoms with Gasteiger partial charge < -0.3 is 4.74 Å². The molecule has 0 radical (unpaired) electrons. The summed E-state index contributed by atoms with van der Waals surface area (Å²) < 4.78 is 7.26. The largest absolute Gasteiger partial charge is 0.350 e. The minimum absolute atomic E-state index is 0.153. The zero-order valence-corrected chi connectivity index (χ0v) is 14.5. The Labute approximate surface area is 141 Å². The van der Waals surface area contributed by atoms with Gasteiger partial charge in [-0.25, -0.2) is 19.8 Å². The molecule has 130 valence electrons. The predicted molar refractivity (Wildman–Crippen MR) is 88.3 cm³/mol. The van der Waals surface area contributed by atoms with E-state index in [0.717, 1.165) is 47.6 Å². The number of nitrogens with one attached hydrogen (secondary N) is 1. The third-order valence-corrected chi connectivity index (χ3v) is 4.33. The van der Waals surface area contributed by atoms with Gasteiger partial charge in [0.15, 0.2) is 11.9 Å². The number of hydroxylamine groups is 1. The number of hydrogen-bond acceptors (Lipinski definition) is 5. The van der Waals surface area contributed by atoms with Crippen LogP contribution in [-0.2, 0) is 20.8 Å². The van der Waals surface area contributed by atoms with Crippen molar-refractivity contribution in [1.29, 1.82) is 0 Å². The molecule has 0 bridgehead atoms. The summed E-state index contributed by atoms with van der Waals surface area (Å²) >= 11 is 0. The quantitative estimate of drug-likeness (QED) is 0.849. The Hall–Kier alpha value is -1.99. The van der Waals surface area contributed by atoms with E-state index in [2.05, 4.69) is 15.6 Å². The zero-order valence-electron chi connectivity index (χ0n) is 14.5. The molecule has 0 aromatic carbocycles. The van der Waals surface area contributed by atoms with Crippen molar-refractivity contribution in [3.05, 3.63) is 28.7 Å². The van der Waals surface area contributed by atoms with Gasteiger partial charge >= 0.3 is 0 Å². The van der Waals surface area contributed by atoms with Crippen molar-refractivity contribution in [3.8, 4) is 0 Å². The maximum Gasteiger partial charge on any atom is 0.243 e. The molecule has 1 aliphatic heterocycles. The van der Waals surface area contributed by atoms with Gasteiger partial charge in [-0.1, -0.05) is 0 Å². The summed E-state index contributed by atoms with van der Waals surface area (Å²) in [5.74, 6) is -0.153. The van der Waals surface area contributed by atoms with Crippen LogP contribution in [0.5, 0.6) is 0 Å². The Morgan fingerprint density at radius 1 is 1.42 bits per heavy atom. The lowest BCUT2D eigenvalue weighted by molar-refractivity contribution is -0.200. The van der Waals surface area contributed by atoms with Crippen LogP contribution in [0.3, 0.4) is 0 Å². The third kappa shape index (κ3) is 3.73. The van der Waals surface area contributed by atoms with Crippen LogP contribution in [0.15, 0.2) is 6.07 Å². The molecule has 1 atom stereocenters. The van der Waals surface area contributed by atoms with Gasteiger partial charge in [0.1, 0.15) is 0 Å². The Morgan fingerprint density at radius 2 is 2.25 bits per heavy atom. The molecule has 7 nitrogen and oxygen atoms in total. The first-order valence-corrected chi connectivity index (χ1v) is 8.43. The maximum absolute atomic E-state index is 12.0. The first-order chi connectivity index (χ1) is 11.5. The Kier molecular flexibility index (Phi) is 5.11. The first kappa shape index (κ1) is 16.9. The molecule has 0 saturated carbocycles. The van der Waals surface area contributed by atoms with E-state index in [1.54, 1.807) is 0 Å². The predicted octanol–water partition coefficient (Wildman–Crippen LogP) is 2.16. The lowest BCUT2D eigenvalue weighted by Crippen LogP contribution is -2.33. The fourth-order valence-electron chi connectivity index (χ4n) is 3.03. The molecular weight excluding hydrogens is 308 g/mol. The average molecular weight is 332 g/mol. The molecule has 1 amide bonds. The lowest BCUT2D eigenvalue weighted by atomic mass is 10.1. The number of nitrogens with zero attached hydrogens (tertiary/aromatic N) is 3. The van der Waals surface area contributed by atoms with Gasteiger partial charge in [0, 0.05) is 36.9 Å². The maximum atomic E-state index is 12.0. The van der Waals surface area contributed by atoms with E-state index in [1.807, 2.05) is 31.4 Å². The molecule has 0 aliphatic carbocycles. The number of fused-ring (bicyclic) bond motifs is 1. The Balaban J connectivity index is 1.59. The summed E-state index contributed by atoms with van der Waals surface area (Å²) in [7, 11) is 0. The summed E-state index contributed by atoms with van der Waals surface area (Å²) in [6.45, 7) is 6.61. The van der Waals surface area contributed by atoms with E-state index in [-0.39, 0.29) is 12.2 Å². The molecule has 0 unspecified atom stereocenters. The summed E-state index contributed by atoms with van der Waals surface area (Å²) in [6.07, 6.45) is 3.54. The molecule has 24 heavy (non-hydrogen) atoms. The number of carbonyl (C=O) groups excluding carboxylic acids is 1. The summed E-state index contributed by atoms with van der Waals surface area (Å²) in [6, 6.07) is 1.95. The number of amides is 1. The molecule has 0 spiro atoms. The van der Waals surface area contributed by atoms with Crippen molar-refractivity contribution in [2.75, 3.05) is 6.61 Å². The van der Waals surface area contributed by atoms with Gasteiger partial charge in [-0.3, -0.25) is 4.79 Å². The van der Waals surface area contributed by atoms with Gasteiger partial charge in [-0.05, 0) is 45.6 Å². The standard InChI is InChI=1S/C17H24N4O3/c1-11-10-15-18-12(2)14(13(3)21(15)19-11)7-8-16(22)20-24-17-6-4-5-9-23-17/h10,17H,4-9H2,1-3H3,(H,20,22)/t17-/m0/s1. The minimum Gasteiger partial charge on any atom is -0.350 e. The van der Waals surface area contributed by atoms with Crippen molar-refractivity contribution >= 4 is 11.6 Å². The SMILES string of the molecule is Cc1cc2nc(C)c(CCC(=O)NO[C@H]3CCCCO3)c(C)n2n1. The Bertz CT molecular complexity index is 735. The third-order valence-electron chi connectivity index (χ3n) is 4.33. The minimum atomic E-state index is -0.323. The highest BCUT2D eigenvalue weighted by Gasteiger charge is 2.17. The van der Waals surface area contributed by atoms with Crippen molar-refractivity contribution in [3.63, 3.8) is 0 Å². The summed E-state index contributed by atoms with van der Waals surface area (Å²) in [5, 5.41) is 4.45. The molecule has 1 aliphatic rings. The smallest absolute Gasteiger partial charge is 0.243 e. The summed E-state index contributed by atoms with van der Waals surface area (Å²) in [5.41, 5.74) is 7.28. The first-order valence-electron chi connectivity index (χ1n) is 8.43. The highest BCUT2D eigenvalue weighted by Crippen LogP contribution is 2.17. The van der Waals surface area contributed by atoms with Crippen LogP contribution in [0, 0.1) is 20.8 Å². The van der Waals surface area contributed by atoms with E-state index in [1.165, 1.54) is 0 Å². The molecule has 3 heterocycles. The monoisotopic (exact) mass is 332 g/mol. The van der Waals surface area contributed by atoms with Crippen LogP contribution < -0.4 is 5.48 Å². The number of ether oxygens (including phenoxy) is 1. The fraction of sp³-hybridized carbons (Fsp3) is 0.588. The van der Waals surface area contributed by atoms with Crippen LogP contribution in [0.25, 0.3) is 5.65 Å². The highest BCUT2D eigenvalue weighted by atomic mass is 16.8. The van der Waals surface area contributed by atoms with E-state index < -0.39 is 0 Å². The van der Waals surface area contributed by atoms with Gasteiger partial charge in [0.2, 0.25) is 5.91 Å². The number of hydrogen-bond donors (Lipinski definition) is 1. The van der Waals surface area contributed by atoms with Crippen molar-refractivity contribution in [2.45, 2.75) is 59.2 Å². The number of carbonyl (C=O) groups is 1. The van der Waals surface area contributed by atoms with E-state index in [4.69, 9.17) is 9.57 Å².